The number of benzene rings is 1. The predicted molar refractivity (Wildman–Crippen MR) is 83.6 cm³/mol. The molecule has 0 saturated carbocycles. The van der Waals surface area contributed by atoms with Crippen LogP contribution >= 0.6 is 23.2 Å². The number of nitrogens with zero attached hydrogens (tertiary/aromatic N) is 1. The van der Waals surface area contributed by atoms with E-state index in [0.717, 1.165) is 38.4 Å². The first-order valence-corrected chi connectivity index (χ1v) is 7.76. The van der Waals surface area contributed by atoms with Crippen molar-refractivity contribution in [3.63, 3.8) is 0 Å². The smallest absolute Gasteiger partial charge is 0.253 e. The zero-order valence-electron chi connectivity index (χ0n) is 11.7. The Morgan fingerprint density at radius 3 is 2.60 bits per heavy atom. The molecule has 0 spiro atoms. The zero-order chi connectivity index (χ0) is 14.5. The molecule has 110 valence electrons. The van der Waals surface area contributed by atoms with E-state index in [-0.39, 0.29) is 5.91 Å². The van der Waals surface area contributed by atoms with Crippen LogP contribution in [0.15, 0.2) is 18.2 Å². The highest BCUT2D eigenvalue weighted by molar-refractivity contribution is 6.42. The van der Waals surface area contributed by atoms with Gasteiger partial charge in [0.05, 0.1) is 10.0 Å². The molecule has 1 N–H and O–H groups in total. The van der Waals surface area contributed by atoms with Crippen molar-refractivity contribution in [1.29, 1.82) is 0 Å². The van der Waals surface area contributed by atoms with Gasteiger partial charge < -0.3 is 10.2 Å². The molecule has 0 aromatic heterocycles. The molecule has 20 heavy (non-hydrogen) atoms. The zero-order valence-corrected chi connectivity index (χ0v) is 13.2. The van der Waals surface area contributed by atoms with Crippen LogP contribution in [0, 0.1) is 5.92 Å². The molecule has 1 aromatic carbocycles. The molecule has 0 atom stereocenters. The van der Waals surface area contributed by atoms with Crippen molar-refractivity contribution in [2.75, 3.05) is 26.7 Å². The first-order chi connectivity index (χ1) is 9.61. The van der Waals surface area contributed by atoms with Gasteiger partial charge in [0.25, 0.3) is 5.91 Å². The molecule has 1 saturated heterocycles. The van der Waals surface area contributed by atoms with E-state index in [4.69, 9.17) is 23.2 Å². The molecule has 1 heterocycles. The third kappa shape index (κ3) is 3.87. The maximum atomic E-state index is 12.4. The van der Waals surface area contributed by atoms with E-state index in [9.17, 15) is 4.79 Å². The van der Waals surface area contributed by atoms with E-state index in [1.807, 2.05) is 11.9 Å². The molecule has 1 aliphatic rings. The molecule has 0 bridgehead atoms. The van der Waals surface area contributed by atoms with Crippen molar-refractivity contribution in [2.45, 2.75) is 19.3 Å². The van der Waals surface area contributed by atoms with Crippen LogP contribution in [-0.4, -0.2) is 37.5 Å². The molecule has 1 aliphatic heterocycles. The Morgan fingerprint density at radius 2 is 2.00 bits per heavy atom. The fourth-order valence-corrected chi connectivity index (χ4v) is 2.88. The molecule has 1 aromatic rings. The van der Waals surface area contributed by atoms with Gasteiger partial charge in [-0.05, 0) is 57.0 Å². The lowest BCUT2D eigenvalue weighted by molar-refractivity contribution is 0.0687. The number of carbonyl (C=O) groups excluding carboxylic acids is 1. The minimum absolute atomic E-state index is 0.0515. The van der Waals surface area contributed by atoms with Gasteiger partial charge in [-0.15, -0.1) is 0 Å². The monoisotopic (exact) mass is 314 g/mol. The van der Waals surface area contributed by atoms with E-state index in [0.29, 0.717) is 15.6 Å². The standard InChI is InChI=1S/C15H20Cl2N2O/c1-18-7-4-11-5-8-19(9-6-11)15(20)12-2-3-13(16)14(17)10-12/h2-3,10-11,18H,4-9H2,1H3. The second-order valence-corrected chi connectivity index (χ2v) is 6.07. The van der Waals surface area contributed by atoms with Crippen molar-refractivity contribution in [1.82, 2.24) is 10.2 Å². The van der Waals surface area contributed by atoms with Crippen molar-refractivity contribution < 1.29 is 4.79 Å². The first-order valence-electron chi connectivity index (χ1n) is 7.00. The van der Waals surface area contributed by atoms with Crippen molar-refractivity contribution in [3.8, 4) is 0 Å². The summed E-state index contributed by atoms with van der Waals surface area (Å²) in [6.45, 7) is 2.70. The third-order valence-electron chi connectivity index (χ3n) is 3.87. The van der Waals surface area contributed by atoms with Crippen molar-refractivity contribution in [2.24, 2.45) is 5.92 Å². The number of carbonyl (C=O) groups is 1. The van der Waals surface area contributed by atoms with E-state index in [1.54, 1.807) is 18.2 Å². The fraction of sp³-hybridized carbons (Fsp3) is 0.533. The van der Waals surface area contributed by atoms with Crippen molar-refractivity contribution >= 4 is 29.1 Å². The number of halogens is 2. The molecule has 0 radical (unpaired) electrons. The Kier molecular flexibility index (Phi) is 5.70. The van der Waals surface area contributed by atoms with Crippen LogP contribution in [0.1, 0.15) is 29.6 Å². The van der Waals surface area contributed by atoms with Crippen LogP contribution in [0.4, 0.5) is 0 Å². The summed E-state index contributed by atoms with van der Waals surface area (Å²) in [5.41, 5.74) is 0.619. The second-order valence-electron chi connectivity index (χ2n) is 5.26. The normalized spacial score (nSPS) is 16.4. The quantitative estimate of drug-likeness (QED) is 0.923. The Morgan fingerprint density at radius 1 is 1.30 bits per heavy atom. The van der Waals surface area contributed by atoms with Gasteiger partial charge >= 0.3 is 0 Å². The fourth-order valence-electron chi connectivity index (χ4n) is 2.58. The first kappa shape index (κ1) is 15.6. The van der Waals surface area contributed by atoms with Gasteiger partial charge in [-0.3, -0.25) is 4.79 Å². The van der Waals surface area contributed by atoms with Gasteiger partial charge in [0, 0.05) is 18.7 Å². The van der Waals surface area contributed by atoms with Gasteiger partial charge in [-0.25, -0.2) is 0 Å². The number of rotatable bonds is 4. The Labute approximate surface area is 130 Å². The molecular weight excluding hydrogens is 295 g/mol. The number of likely N-dealkylation sites (tertiary alicyclic amines) is 1. The number of hydrogen-bond acceptors (Lipinski definition) is 2. The van der Waals surface area contributed by atoms with Gasteiger partial charge in [-0.2, -0.15) is 0 Å². The summed E-state index contributed by atoms with van der Waals surface area (Å²) in [5.74, 6) is 0.774. The highest BCUT2D eigenvalue weighted by atomic mass is 35.5. The third-order valence-corrected chi connectivity index (χ3v) is 4.61. The van der Waals surface area contributed by atoms with Gasteiger partial charge in [0.1, 0.15) is 0 Å². The lowest BCUT2D eigenvalue weighted by Crippen LogP contribution is -2.38. The van der Waals surface area contributed by atoms with E-state index in [1.165, 1.54) is 6.42 Å². The Hall–Kier alpha value is -0.770. The van der Waals surface area contributed by atoms with E-state index in [2.05, 4.69) is 5.32 Å². The summed E-state index contributed by atoms with van der Waals surface area (Å²) >= 11 is 11.8. The average molecular weight is 315 g/mol. The summed E-state index contributed by atoms with van der Waals surface area (Å²) in [5, 5.41) is 4.09. The molecular formula is C15H20Cl2N2O. The Bertz CT molecular complexity index is 471. The second kappa shape index (κ2) is 7.30. The highest BCUT2D eigenvalue weighted by Gasteiger charge is 2.23. The van der Waals surface area contributed by atoms with Gasteiger partial charge in [-0.1, -0.05) is 23.2 Å². The topological polar surface area (TPSA) is 32.3 Å². The largest absolute Gasteiger partial charge is 0.339 e. The summed E-state index contributed by atoms with van der Waals surface area (Å²) in [6.07, 6.45) is 3.34. The lowest BCUT2D eigenvalue weighted by Gasteiger charge is -2.32. The van der Waals surface area contributed by atoms with E-state index >= 15 is 0 Å². The number of piperidine rings is 1. The minimum Gasteiger partial charge on any atom is -0.339 e. The van der Waals surface area contributed by atoms with Crippen molar-refractivity contribution in [3.05, 3.63) is 33.8 Å². The summed E-state index contributed by atoms with van der Waals surface area (Å²) in [4.78, 5) is 14.3. The number of nitrogens with one attached hydrogen (secondary N) is 1. The maximum Gasteiger partial charge on any atom is 0.253 e. The predicted octanol–water partition coefficient (Wildman–Crippen LogP) is 3.46. The number of amides is 1. The summed E-state index contributed by atoms with van der Waals surface area (Å²) < 4.78 is 0. The van der Waals surface area contributed by atoms with Crippen LogP contribution in [0.5, 0.6) is 0 Å². The molecule has 0 aliphatic carbocycles. The van der Waals surface area contributed by atoms with Crippen LogP contribution in [-0.2, 0) is 0 Å². The van der Waals surface area contributed by atoms with Crippen LogP contribution in [0.3, 0.4) is 0 Å². The highest BCUT2D eigenvalue weighted by Crippen LogP contribution is 2.25. The molecule has 1 fully saturated rings. The number of hydrogen-bond donors (Lipinski definition) is 1. The molecule has 1 amide bonds. The maximum absolute atomic E-state index is 12.4. The molecule has 2 rings (SSSR count). The molecule has 5 heteroatoms. The lowest BCUT2D eigenvalue weighted by atomic mass is 9.93. The van der Waals surface area contributed by atoms with Crippen LogP contribution in [0.2, 0.25) is 10.0 Å². The average Bonchev–Trinajstić information content (AvgIpc) is 2.48. The van der Waals surface area contributed by atoms with E-state index < -0.39 is 0 Å². The van der Waals surface area contributed by atoms with Crippen LogP contribution < -0.4 is 5.32 Å². The summed E-state index contributed by atoms with van der Waals surface area (Å²) in [7, 11) is 1.98. The molecule has 3 nitrogen and oxygen atoms in total. The van der Waals surface area contributed by atoms with Gasteiger partial charge in [0.15, 0.2) is 0 Å². The van der Waals surface area contributed by atoms with Crippen LogP contribution in [0.25, 0.3) is 0 Å². The van der Waals surface area contributed by atoms with Gasteiger partial charge in [0.2, 0.25) is 0 Å². The SMILES string of the molecule is CNCCC1CCN(C(=O)c2ccc(Cl)c(Cl)c2)CC1. The summed E-state index contributed by atoms with van der Waals surface area (Å²) in [6, 6.07) is 5.07. The Balaban J connectivity index is 1.92. The molecule has 0 unspecified atom stereocenters. The minimum atomic E-state index is 0.0515.